The summed E-state index contributed by atoms with van der Waals surface area (Å²) in [7, 11) is 0. The second kappa shape index (κ2) is 4.88. The first-order valence-electron chi connectivity index (χ1n) is 6.70. The van der Waals surface area contributed by atoms with Crippen molar-refractivity contribution in [1.82, 2.24) is 5.32 Å². The zero-order valence-corrected chi connectivity index (χ0v) is 10.9. The third kappa shape index (κ3) is 2.23. The third-order valence-electron chi connectivity index (χ3n) is 4.79. The van der Waals surface area contributed by atoms with Crippen molar-refractivity contribution in [3.63, 3.8) is 0 Å². The zero-order chi connectivity index (χ0) is 13.4. The molecule has 2 fully saturated rings. The number of fused-ring (bicyclic) bond motifs is 2. The van der Waals surface area contributed by atoms with Crippen molar-refractivity contribution >= 4 is 11.9 Å². The molecule has 2 aliphatic carbocycles. The van der Waals surface area contributed by atoms with E-state index in [1.165, 1.54) is 0 Å². The number of carbonyl (C=O) groups excluding carboxylic acids is 1. The second-order valence-electron chi connectivity index (χ2n) is 5.86. The molecule has 4 N–H and O–H groups in total. The van der Waals surface area contributed by atoms with Gasteiger partial charge in [-0.25, -0.2) is 0 Å². The first-order chi connectivity index (χ1) is 8.41. The molecule has 0 aromatic rings. The van der Waals surface area contributed by atoms with E-state index < -0.39 is 11.9 Å². The molecule has 18 heavy (non-hydrogen) atoms. The van der Waals surface area contributed by atoms with E-state index in [-0.39, 0.29) is 23.9 Å². The number of carbonyl (C=O) groups is 2. The molecule has 0 aromatic heterocycles. The van der Waals surface area contributed by atoms with Crippen molar-refractivity contribution in [3.05, 3.63) is 0 Å². The van der Waals surface area contributed by atoms with Gasteiger partial charge in [-0.3, -0.25) is 9.59 Å². The average molecular weight is 254 g/mol. The van der Waals surface area contributed by atoms with Crippen LogP contribution < -0.4 is 11.1 Å². The molecule has 2 bridgehead atoms. The molecule has 0 saturated heterocycles. The minimum atomic E-state index is -0.889. The van der Waals surface area contributed by atoms with Gasteiger partial charge >= 0.3 is 5.97 Å². The van der Waals surface area contributed by atoms with Gasteiger partial charge in [0.15, 0.2) is 0 Å². The summed E-state index contributed by atoms with van der Waals surface area (Å²) in [5.74, 6) is -0.762. The highest BCUT2D eigenvalue weighted by atomic mass is 16.4. The van der Waals surface area contributed by atoms with Gasteiger partial charge in [-0.1, -0.05) is 0 Å². The van der Waals surface area contributed by atoms with Crippen molar-refractivity contribution in [2.24, 2.45) is 29.4 Å². The molecule has 102 valence electrons. The predicted octanol–water partition coefficient (Wildman–Crippen LogP) is 0.585. The molecule has 0 spiro atoms. The van der Waals surface area contributed by atoms with Gasteiger partial charge in [0.05, 0.1) is 11.8 Å². The Morgan fingerprint density at radius 2 is 1.89 bits per heavy atom. The van der Waals surface area contributed by atoms with E-state index in [1.54, 1.807) is 13.8 Å². The smallest absolute Gasteiger partial charge is 0.308 e. The van der Waals surface area contributed by atoms with Crippen LogP contribution in [0.3, 0.4) is 0 Å². The Labute approximate surface area is 107 Å². The van der Waals surface area contributed by atoms with Crippen LogP contribution in [0.4, 0.5) is 0 Å². The lowest BCUT2D eigenvalue weighted by Gasteiger charge is -2.29. The highest BCUT2D eigenvalue weighted by molar-refractivity contribution is 5.81. The quantitative estimate of drug-likeness (QED) is 0.684. The van der Waals surface area contributed by atoms with Crippen LogP contribution in [-0.2, 0) is 9.59 Å². The number of rotatable bonds is 4. The Balaban J connectivity index is 1.94. The van der Waals surface area contributed by atoms with Crippen LogP contribution in [0, 0.1) is 23.7 Å². The number of carboxylic acid groups (broad SMARTS) is 1. The summed E-state index contributed by atoms with van der Waals surface area (Å²) in [6.07, 6.45) is 3.28. The normalized spacial score (nSPS) is 37.3. The van der Waals surface area contributed by atoms with Crippen molar-refractivity contribution in [1.29, 1.82) is 0 Å². The van der Waals surface area contributed by atoms with E-state index in [9.17, 15) is 9.59 Å². The van der Waals surface area contributed by atoms with Gasteiger partial charge in [0.25, 0.3) is 0 Å². The molecule has 6 unspecified atom stereocenters. The SMILES string of the molecule is CC(NC(=O)C1C2CCC(C2)C1N)C(C)C(=O)O. The van der Waals surface area contributed by atoms with Gasteiger partial charge in [-0.15, -0.1) is 0 Å². The number of hydrogen-bond donors (Lipinski definition) is 3. The van der Waals surface area contributed by atoms with Gasteiger partial charge in [-0.05, 0) is 44.9 Å². The first kappa shape index (κ1) is 13.3. The number of nitrogens with one attached hydrogen (secondary N) is 1. The topological polar surface area (TPSA) is 92.4 Å². The standard InChI is InChI=1S/C13H22N2O3/c1-6(13(17)18)7(2)15-12(16)10-8-3-4-9(5-8)11(10)14/h6-11H,3-5,14H2,1-2H3,(H,15,16)(H,17,18). The minimum Gasteiger partial charge on any atom is -0.481 e. The second-order valence-corrected chi connectivity index (χ2v) is 5.86. The predicted molar refractivity (Wildman–Crippen MR) is 66.7 cm³/mol. The Hall–Kier alpha value is -1.10. The van der Waals surface area contributed by atoms with Gasteiger partial charge in [0.1, 0.15) is 0 Å². The average Bonchev–Trinajstić information content (AvgIpc) is 2.87. The summed E-state index contributed by atoms with van der Waals surface area (Å²) in [4.78, 5) is 23.1. The largest absolute Gasteiger partial charge is 0.481 e. The molecule has 2 rings (SSSR count). The van der Waals surface area contributed by atoms with Crippen LogP contribution in [0.1, 0.15) is 33.1 Å². The maximum absolute atomic E-state index is 12.2. The zero-order valence-electron chi connectivity index (χ0n) is 10.9. The Bertz CT molecular complexity index is 356. The van der Waals surface area contributed by atoms with E-state index >= 15 is 0 Å². The third-order valence-corrected chi connectivity index (χ3v) is 4.79. The van der Waals surface area contributed by atoms with Crippen LogP contribution in [0.25, 0.3) is 0 Å². The van der Waals surface area contributed by atoms with Crippen molar-refractivity contribution in [3.8, 4) is 0 Å². The maximum atomic E-state index is 12.2. The first-order valence-corrected chi connectivity index (χ1v) is 6.70. The number of amides is 1. The number of aliphatic carboxylic acids is 1. The molecular formula is C13H22N2O3. The van der Waals surface area contributed by atoms with E-state index in [4.69, 9.17) is 10.8 Å². The monoisotopic (exact) mass is 254 g/mol. The summed E-state index contributed by atoms with van der Waals surface area (Å²) < 4.78 is 0. The summed E-state index contributed by atoms with van der Waals surface area (Å²) >= 11 is 0. The Morgan fingerprint density at radius 3 is 2.39 bits per heavy atom. The van der Waals surface area contributed by atoms with E-state index in [0.717, 1.165) is 19.3 Å². The van der Waals surface area contributed by atoms with Gasteiger partial charge in [0, 0.05) is 12.1 Å². The lowest BCUT2D eigenvalue weighted by molar-refractivity contribution is -0.142. The molecule has 0 radical (unpaired) electrons. The molecular weight excluding hydrogens is 232 g/mol. The molecule has 0 aromatic carbocycles. The molecule has 2 saturated carbocycles. The number of nitrogens with two attached hydrogens (primary N) is 1. The molecule has 2 aliphatic rings. The molecule has 6 atom stereocenters. The highest BCUT2D eigenvalue weighted by Crippen LogP contribution is 2.47. The summed E-state index contributed by atoms with van der Waals surface area (Å²) in [5, 5.41) is 11.7. The maximum Gasteiger partial charge on any atom is 0.308 e. The molecule has 5 nitrogen and oxygen atoms in total. The fraction of sp³-hybridized carbons (Fsp3) is 0.846. The Kier molecular flexibility index (Phi) is 3.61. The molecule has 0 aliphatic heterocycles. The summed E-state index contributed by atoms with van der Waals surface area (Å²) in [6, 6.07) is -0.405. The molecule has 1 amide bonds. The van der Waals surface area contributed by atoms with Crippen LogP contribution >= 0.6 is 0 Å². The highest BCUT2D eigenvalue weighted by Gasteiger charge is 2.49. The van der Waals surface area contributed by atoms with E-state index in [1.807, 2.05) is 0 Å². The van der Waals surface area contributed by atoms with Crippen molar-refractivity contribution in [2.75, 3.05) is 0 Å². The van der Waals surface area contributed by atoms with Crippen LogP contribution in [-0.4, -0.2) is 29.1 Å². The van der Waals surface area contributed by atoms with Crippen LogP contribution in [0.15, 0.2) is 0 Å². The fourth-order valence-corrected chi connectivity index (χ4v) is 3.38. The summed E-state index contributed by atoms with van der Waals surface area (Å²) in [6.45, 7) is 3.34. The Morgan fingerprint density at radius 1 is 1.28 bits per heavy atom. The van der Waals surface area contributed by atoms with E-state index in [2.05, 4.69) is 5.32 Å². The summed E-state index contributed by atoms with van der Waals surface area (Å²) in [5.41, 5.74) is 6.10. The van der Waals surface area contributed by atoms with Crippen LogP contribution in [0.2, 0.25) is 0 Å². The minimum absolute atomic E-state index is 0.0453. The van der Waals surface area contributed by atoms with E-state index in [0.29, 0.717) is 11.8 Å². The van der Waals surface area contributed by atoms with Gasteiger partial charge < -0.3 is 16.2 Å². The van der Waals surface area contributed by atoms with Gasteiger partial charge in [-0.2, -0.15) is 0 Å². The molecule has 5 heteroatoms. The van der Waals surface area contributed by atoms with Gasteiger partial charge in [0.2, 0.25) is 5.91 Å². The lowest BCUT2D eigenvalue weighted by atomic mass is 9.84. The lowest BCUT2D eigenvalue weighted by Crippen LogP contribution is -2.49. The van der Waals surface area contributed by atoms with Crippen molar-refractivity contribution in [2.45, 2.75) is 45.2 Å². The number of carboxylic acids is 1. The van der Waals surface area contributed by atoms with Crippen molar-refractivity contribution < 1.29 is 14.7 Å². The van der Waals surface area contributed by atoms with Crippen LogP contribution in [0.5, 0.6) is 0 Å². The fourth-order valence-electron chi connectivity index (χ4n) is 3.38. The molecule has 0 heterocycles. The number of hydrogen-bond acceptors (Lipinski definition) is 3.